The number of methoxy groups -OCH3 is 1. The highest BCUT2D eigenvalue weighted by Crippen LogP contribution is 2.30. The number of ether oxygens (including phenoxy) is 2. The van der Waals surface area contributed by atoms with E-state index < -0.39 is 12.1 Å². The van der Waals surface area contributed by atoms with Crippen LogP contribution in [0.4, 0.5) is 5.69 Å². The topological polar surface area (TPSA) is 69.0 Å². The molecule has 0 radical (unpaired) electrons. The van der Waals surface area contributed by atoms with Gasteiger partial charge in [-0.15, -0.1) is 0 Å². The molecule has 6 heteroatoms. The van der Waals surface area contributed by atoms with Crippen molar-refractivity contribution in [2.24, 2.45) is 0 Å². The molecule has 1 amide bonds. The normalized spacial score (nSPS) is 14.1. The molecule has 1 aliphatic heterocycles. The van der Waals surface area contributed by atoms with E-state index in [1.807, 2.05) is 42.5 Å². The number of rotatable bonds is 5. The summed E-state index contributed by atoms with van der Waals surface area (Å²) in [6, 6.07) is 15.1. The summed E-state index contributed by atoms with van der Waals surface area (Å²) >= 11 is 0. The van der Waals surface area contributed by atoms with Crippen molar-refractivity contribution in [2.75, 3.05) is 18.6 Å². The molecule has 1 atom stereocenters. The van der Waals surface area contributed by atoms with Gasteiger partial charge in [0.1, 0.15) is 5.58 Å². The monoisotopic (exact) mass is 379 g/mol. The van der Waals surface area contributed by atoms with Gasteiger partial charge in [-0.1, -0.05) is 36.4 Å². The van der Waals surface area contributed by atoms with Crippen LogP contribution >= 0.6 is 0 Å². The maximum absolute atomic E-state index is 12.9. The van der Waals surface area contributed by atoms with Crippen molar-refractivity contribution in [1.29, 1.82) is 0 Å². The molecule has 0 N–H and O–H groups in total. The van der Waals surface area contributed by atoms with Gasteiger partial charge in [0.05, 0.1) is 6.61 Å². The van der Waals surface area contributed by atoms with Crippen LogP contribution in [0.1, 0.15) is 28.6 Å². The predicted octanol–water partition coefficient (Wildman–Crippen LogP) is 3.71. The Morgan fingerprint density at radius 3 is 2.71 bits per heavy atom. The number of hydrogen-bond acceptors (Lipinski definition) is 5. The fourth-order valence-electron chi connectivity index (χ4n) is 3.60. The second-order valence-corrected chi connectivity index (χ2v) is 6.76. The third-order valence-electron chi connectivity index (χ3n) is 4.96. The van der Waals surface area contributed by atoms with Crippen molar-refractivity contribution >= 4 is 28.5 Å². The molecule has 1 unspecified atom stereocenters. The quantitative estimate of drug-likeness (QED) is 0.632. The number of amides is 1. The van der Waals surface area contributed by atoms with Gasteiger partial charge < -0.3 is 18.8 Å². The van der Waals surface area contributed by atoms with E-state index in [1.54, 1.807) is 25.0 Å². The SMILES string of the molecule is COCc1c(C(=O)OC(C)C(=O)N2CCc3ccccc32)oc2ccccc12. The fraction of sp³-hybridized carbons (Fsp3) is 0.273. The number of carbonyl (C=O) groups excluding carboxylic acids is 2. The van der Waals surface area contributed by atoms with Crippen LogP contribution in [0, 0.1) is 0 Å². The largest absolute Gasteiger partial charge is 0.449 e. The smallest absolute Gasteiger partial charge is 0.375 e. The lowest BCUT2D eigenvalue weighted by Crippen LogP contribution is -2.39. The lowest BCUT2D eigenvalue weighted by molar-refractivity contribution is -0.126. The highest BCUT2D eigenvalue weighted by Gasteiger charge is 2.31. The zero-order valence-corrected chi connectivity index (χ0v) is 15.8. The van der Waals surface area contributed by atoms with Crippen molar-refractivity contribution in [3.63, 3.8) is 0 Å². The van der Waals surface area contributed by atoms with Crippen molar-refractivity contribution in [3.05, 3.63) is 65.4 Å². The van der Waals surface area contributed by atoms with Crippen LogP contribution in [0.3, 0.4) is 0 Å². The van der Waals surface area contributed by atoms with Gasteiger partial charge in [-0.2, -0.15) is 0 Å². The van der Waals surface area contributed by atoms with E-state index >= 15 is 0 Å². The van der Waals surface area contributed by atoms with Crippen LogP contribution in [-0.4, -0.2) is 31.6 Å². The average Bonchev–Trinajstić information content (AvgIpc) is 3.30. The summed E-state index contributed by atoms with van der Waals surface area (Å²) in [6.07, 6.45) is -0.133. The molecule has 0 spiro atoms. The maximum Gasteiger partial charge on any atom is 0.375 e. The standard InChI is InChI=1S/C22H21NO5/c1-14(21(24)23-12-11-15-7-3-5-9-18(15)23)27-22(25)20-17(13-26-2)16-8-4-6-10-19(16)28-20/h3-10,14H,11-13H2,1-2H3. The van der Waals surface area contributed by atoms with Crippen LogP contribution in [0.15, 0.2) is 52.9 Å². The Bertz CT molecular complexity index is 1040. The molecule has 0 saturated heterocycles. The molecule has 0 bridgehead atoms. The van der Waals surface area contributed by atoms with E-state index in [-0.39, 0.29) is 18.3 Å². The first-order chi connectivity index (χ1) is 13.6. The first-order valence-electron chi connectivity index (χ1n) is 9.19. The van der Waals surface area contributed by atoms with E-state index in [9.17, 15) is 9.59 Å². The number of nitrogens with zero attached hydrogens (tertiary/aromatic N) is 1. The van der Waals surface area contributed by atoms with E-state index in [4.69, 9.17) is 13.9 Å². The lowest BCUT2D eigenvalue weighted by Gasteiger charge is -2.21. The third-order valence-corrected chi connectivity index (χ3v) is 4.96. The molecule has 0 aliphatic carbocycles. The number of carbonyl (C=O) groups is 2. The van der Waals surface area contributed by atoms with Crippen LogP contribution in [-0.2, 0) is 27.3 Å². The molecular formula is C22H21NO5. The summed E-state index contributed by atoms with van der Waals surface area (Å²) < 4.78 is 16.4. The van der Waals surface area contributed by atoms with Crippen molar-refractivity contribution in [2.45, 2.75) is 26.1 Å². The Labute approximate surface area is 162 Å². The molecule has 1 aliphatic rings. The third kappa shape index (κ3) is 3.16. The minimum Gasteiger partial charge on any atom is -0.449 e. The minimum absolute atomic E-state index is 0.0736. The van der Waals surface area contributed by atoms with Crippen LogP contribution in [0.25, 0.3) is 11.0 Å². The molecule has 144 valence electrons. The van der Waals surface area contributed by atoms with E-state index in [2.05, 4.69) is 0 Å². The molecule has 0 saturated carbocycles. The van der Waals surface area contributed by atoms with Crippen LogP contribution in [0.2, 0.25) is 0 Å². The van der Waals surface area contributed by atoms with Gasteiger partial charge in [-0.25, -0.2) is 4.79 Å². The number of esters is 1. The minimum atomic E-state index is -0.928. The summed E-state index contributed by atoms with van der Waals surface area (Å²) in [6.45, 7) is 2.38. The Morgan fingerprint density at radius 1 is 1.14 bits per heavy atom. The molecule has 28 heavy (non-hydrogen) atoms. The van der Waals surface area contributed by atoms with Crippen molar-refractivity contribution < 1.29 is 23.5 Å². The van der Waals surface area contributed by atoms with Gasteiger partial charge in [0.2, 0.25) is 5.76 Å². The number of para-hydroxylation sites is 2. The van der Waals surface area contributed by atoms with Gasteiger partial charge >= 0.3 is 5.97 Å². The highest BCUT2D eigenvalue weighted by molar-refractivity contribution is 6.01. The average molecular weight is 379 g/mol. The van der Waals surface area contributed by atoms with Crippen molar-refractivity contribution in [1.82, 2.24) is 0 Å². The molecule has 0 fully saturated rings. The number of benzene rings is 2. The molecule has 3 aromatic rings. The van der Waals surface area contributed by atoms with Gasteiger partial charge in [0.25, 0.3) is 5.91 Å². The summed E-state index contributed by atoms with van der Waals surface area (Å²) in [5.74, 6) is -0.844. The van der Waals surface area contributed by atoms with E-state index in [1.165, 1.54) is 0 Å². The van der Waals surface area contributed by atoms with Crippen LogP contribution < -0.4 is 4.90 Å². The van der Waals surface area contributed by atoms with Crippen molar-refractivity contribution in [3.8, 4) is 0 Å². The van der Waals surface area contributed by atoms with Gasteiger partial charge in [-0.3, -0.25) is 4.79 Å². The number of hydrogen-bond donors (Lipinski definition) is 0. The fourth-order valence-corrected chi connectivity index (χ4v) is 3.60. The number of fused-ring (bicyclic) bond motifs is 2. The molecule has 2 aromatic carbocycles. The van der Waals surface area contributed by atoms with E-state index in [0.717, 1.165) is 23.1 Å². The Balaban J connectivity index is 1.55. The second kappa shape index (κ2) is 7.48. The molecule has 4 rings (SSSR count). The summed E-state index contributed by atoms with van der Waals surface area (Å²) in [4.78, 5) is 27.3. The van der Waals surface area contributed by atoms with Crippen LogP contribution in [0.5, 0.6) is 0 Å². The maximum atomic E-state index is 12.9. The Morgan fingerprint density at radius 2 is 1.89 bits per heavy atom. The highest BCUT2D eigenvalue weighted by atomic mass is 16.6. The van der Waals surface area contributed by atoms with Gasteiger partial charge in [0.15, 0.2) is 6.10 Å². The summed E-state index contributed by atoms with van der Waals surface area (Å²) in [5.41, 5.74) is 3.19. The van der Waals surface area contributed by atoms with Gasteiger partial charge in [-0.05, 0) is 31.0 Å². The molecule has 1 aromatic heterocycles. The Hall–Kier alpha value is -3.12. The zero-order valence-electron chi connectivity index (χ0n) is 15.8. The first kappa shape index (κ1) is 18.3. The summed E-state index contributed by atoms with van der Waals surface area (Å²) in [5, 5.41) is 0.795. The zero-order chi connectivity index (χ0) is 19.7. The number of furan rings is 1. The number of anilines is 1. The lowest BCUT2D eigenvalue weighted by atomic mass is 10.1. The molecule has 6 nitrogen and oxygen atoms in total. The molecular weight excluding hydrogens is 358 g/mol. The second-order valence-electron chi connectivity index (χ2n) is 6.76. The summed E-state index contributed by atoms with van der Waals surface area (Å²) in [7, 11) is 1.55. The molecule has 2 heterocycles. The van der Waals surface area contributed by atoms with E-state index in [0.29, 0.717) is 17.7 Å². The first-order valence-corrected chi connectivity index (χ1v) is 9.19. The predicted molar refractivity (Wildman–Crippen MR) is 104 cm³/mol. The van der Waals surface area contributed by atoms with Gasteiger partial charge in [0, 0.05) is 30.3 Å². The Kier molecular flexibility index (Phi) is 4.88.